The third-order valence-corrected chi connectivity index (χ3v) is 13.4. The highest BCUT2D eigenvalue weighted by molar-refractivity contribution is 6.20. The molecule has 3 heteroatoms. The van der Waals surface area contributed by atoms with E-state index < -0.39 is 5.41 Å². The number of benzene rings is 9. The molecular formula is C58H37N3. The van der Waals surface area contributed by atoms with Gasteiger partial charge in [0.25, 0.3) is 0 Å². The molecule has 0 radical (unpaired) electrons. The molecule has 0 aliphatic heterocycles. The SMILES string of the molecule is C1=CC2=C(CC1)C1(c3cc(-c4cc5ccccc5cc4-c4nc(-c5ccccc5)nc(-c5ccccc5)n4)ccc32)c2ccccc2-c2c1c1ccccc1c1ccccc21. The Hall–Kier alpha value is -7.75. The van der Waals surface area contributed by atoms with Crippen LogP contribution in [-0.2, 0) is 5.41 Å². The molecule has 0 saturated heterocycles. The number of fused-ring (bicyclic) bond motifs is 15. The van der Waals surface area contributed by atoms with Crippen LogP contribution in [0.5, 0.6) is 0 Å². The first-order valence-corrected chi connectivity index (χ1v) is 21.2. The van der Waals surface area contributed by atoms with Crippen molar-refractivity contribution in [1.29, 1.82) is 0 Å². The molecule has 1 heterocycles. The fourth-order valence-electron chi connectivity index (χ4n) is 10.9. The van der Waals surface area contributed by atoms with Gasteiger partial charge in [0.15, 0.2) is 17.5 Å². The van der Waals surface area contributed by atoms with E-state index in [1.165, 1.54) is 71.5 Å². The van der Waals surface area contributed by atoms with E-state index in [1.54, 1.807) is 0 Å². The maximum atomic E-state index is 5.28. The Kier molecular flexibility index (Phi) is 7.35. The zero-order chi connectivity index (χ0) is 40.1. The Bertz CT molecular complexity index is 3470. The van der Waals surface area contributed by atoms with Gasteiger partial charge in [-0.2, -0.15) is 0 Å². The molecule has 61 heavy (non-hydrogen) atoms. The van der Waals surface area contributed by atoms with Gasteiger partial charge in [0.05, 0.1) is 5.41 Å². The van der Waals surface area contributed by atoms with Crippen molar-refractivity contribution in [2.24, 2.45) is 0 Å². The highest BCUT2D eigenvalue weighted by Crippen LogP contribution is 2.66. The lowest BCUT2D eigenvalue weighted by Gasteiger charge is -2.34. The van der Waals surface area contributed by atoms with Gasteiger partial charge < -0.3 is 0 Å². The van der Waals surface area contributed by atoms with E-state index in [4.69, 9.17) is 15.0 Å². The molecule has 1 aromatic heterocycles. The van der Waals surface area contributed by atoms with Crippen LogP contribution >= 0.6 is 0 Å². The Morgan fingerprint density at radius 2 is 0.967 bits per heavy atom. The van der Waals surface area contributed by atoms with E-state index in [2.05, 4.69) is 164 Å². The molecule has 9 aromatic carbocycles. The van der Waals surface area contributed by atoms with Crippen LogP contribution in [0, 0.1) is 0 Å². The van der Waals surface area contributed by atoms with Gasteiger partial charge in [-0.25, -0.2) is 15.0 Å². The molecule has 1 unspecified atom stereocenters. The quantitative estimate of drug-likeness (QED) is 0.167. The molecule has 1 atom stereocenters. The number of hydrogen-bond acceptors (Lipinski definition) is 3. The highest BCUT2D eigenvalue weighted by atomic mass is 15.0. The number of hydrogen-bond donors (Lipinski definition) is 0. The summed E-state index contributed by atoms with van der Waals surface area (Å²) in [6.45, 7) is 0. The average Bonchev–Trinajstić information content (AvgIpc) is 3.82. The second-order valence-corrected chi connectivity index (χ2v) is 16.5. The van der Waals surface area contributed by atoms with E-state index in [1.807, 2.05) is 36.4 Å². The molecule has 3 aliphatic rings. The second-order valence-electron chi connectivity index (χ2n) is 16.5. The van der Waals surface area contributed by atoms with Crippen LogP contribution < -0.4 is 0 Å². The Morgan fingerprint density at radius 1 is 0.393 bits per heavy atom. The number of allylic oxidation sites excluding steroid dienone is 4. The molecule has 0 fully saturated rings. The predicted molar refractivity (Wildman–Crippen MR) is 251 cm³/mol. The van der Waals surface area contributed by atoms with Gasteiger partial charge in [0, 0.05) is 16.7 Å². The van der Waals surface area contributed by atoms with Gasteiger partial charge in [0.2, 0.25) is 0 Å². The minimum Gasteiger partial charge on any atom is -0.208 e. The summed E-state index contributed by atoms with van der Waals surface area (Å²) in [5.41, 5.74) is 15.7. The van der Waals surface area contributed by atoms with Crippen molar-refractivity contribution >= 4 is 37.9 Å². The molecule has 0 saturated carbocycles. The topological polar surface area (TPSA) is 38.7 Å². The van der Waals surface area contributed by atoms with Crippen molar-refractivity contribution in [2.45, 2.75) is 18.3 Å². The summed E-state index contributed by atoms with van der Waals surface area (Å²) >= 11 is 0. The Labute approximate surface area is 354 Å². The fraction of sp³-hybridized carbons (Fsp3) is 0.0517. The van der Waals surface area contributed by atoms with E-state index in [0.29, 0.717) is 17.5 Å². The maximum absolute atomic E-state index is 5.28. The van der Waals surface area contributed by atoms with Crippen molar-refractivity contribution in [3.05, 3.63) is 228 Å². The predicted octanol–water partition coefficient (Wildman–Crippen LogP) is 14.4. The van der Waals surface area contributed by atoms with Crippen LogP contribution in [0.4, 0.5) is 0 Å². The van der Waals surface area contributed by atoms with E-state index >= 15 is 0 Å². The fourth-order valence-corrected chi connectivity index (χ4v) is 10.9. The van der Waals surface area contributed by atoms with Gasteiger partial charge in [-0.1, -0.05) is 182 Å². The zero-order valence-electron chi connectivity index (χ0n) is 33.3. The number of nitrogens with zero attached hydrogens (tertiary/aromatic N) is 3. The van der Waals surface area contributed by atoms with Crippen molar-refractivity contribution in [3.8, 4) is 56.4 Å². The third-order valence-electron chi connectivity index (χ3n) is 13.4. The monoisotopic (exact) mass is 775 g/mol. The minimum absolute atomic E-state index is 0.466. The van der Waals surface area contributed by atoms with Crippen LogP contribution in [-0.4, -0.2) is 15.0 Å². The van der Waals surface area contributed by atoms with Gasteiger partial charge in [0.1, 0.15) is 0 Å². The summed E-state index contributed by atoms with van der Waals surface area (Å²) < 4.78 is 0. The molecule has 10 aromatic rings. The number of rotatable bonds is 4. The van der Waals surface area contributed by atoms with E-state index in [0.717, 1.165) is 46.0 Å². The molecule has 0 bridgehead atoms. The summed E-state index contributed by atoms with van der Waals surface area (Å²) in [6, 6.07) is 68.3. The van der Waals surface area contributed by atoms with Gasteiger partial charge >= 0.3 is 0 Å². The molecule has 1 spiro atoms. The Balaban J connectivity index is 1.12. The molecule has 284 valence electrons. The zero-order valence-corrected chi connectivity index (χ0v) is 33.3. The summed E-state index contributed by atoms with van der Waals surface area (Å²) in [4.78, 5) is 15.6. The molecular weight excluding hydrogens is 739 g/mol. The second kappa shape index (κ2) is 13.1. The normalized spacial score (nSPS) is 16.0. The van der Waals surface area contributed by atoms with Crippen molar-refractivity contribution in [3.63, 3.8) is 0 Å². The Morgan fingerprint density at radius 3 is 1.69 bits per heavy atom. The molecule has 13 rings (SSSR count). The summed E-state index contributed by atoms with van der Waals surface area (Å²) in [7, 11) is 0. The van der Waals surface area contributed by atoms with Crippen LogP contribution in [0.25, 0.3) is 94.3 Å². The van der Waals surface area contributed by atoms with Crippen molar-refractivity contribution < 1.29 is 0 Å². The highest BCUT2D eigenvalue weighted by Gasteiger charge is 2.54. The minimum atomic E-state index is -0.466. The summed E-state index contributed by atoms with van der Waals surface area (Å²) in [6.07, 6.45) is 6.79. The smallest absolute Gasteiger partial charge is 0.164 e. The molecule has 0 N–H and O–H groups in total. The molecule has 0 amide bonds. The first-order valence-electron chi connectivity index (χ1n) is 21.2. The van der Waals surface area contributed by atoms with Crippen LogP contribution in [0.1, 0.15) is 35.1 Å². The third kappa shape index (κ3) is 4.89. The standard InChI is InChI=1S/C58H37N3/c1-3-17-36(18-4-1)55-59-56(37-19-5-2-6-20-37)61-57(60-55)49-34-39-22-8-7-21-38(39)33-48(49)40-31-32-44-43-25-13-15-29-50(43)58(52(44)35-40)51-30-16-14-28-47(51)53-45-26-11-9-23-41(45)42-24-10-12-27-46(42)54(53)58/h1-14,16-28,30-35H,15,29H2. The lowest BCUT2D eigenvalue weighted by molar-refractivity contribution is 0.720. The first kappa shape index (κ1) is 34.1. The van der Waals surface area contributed by atoms with Gasteiger partial charge in [-0.3, -0.25) is 0 Å². The molecule has 3 aliphatic carbocycles. The van der Waals surface area contributed by atoms with Crippen LogP contribution in [0.2, 0.25) is 0 Å². The largest absolute Gasteiger partial charge is 0.208 e. The maximum Gasteiger partial charge on any atom is 0.164 e. The van der Waals surface area contributed by atoms with Gasteiger partial charge in [-0.05, 0) is 119 Å². The number of aromatic nitrogens is 3. The van der Waals surface area contributed by atoms with Crippen LogP contribution in [0.15, 0.2) is 206 Å². The van der Waals surface area contributed by atoms with Gasteiger partial charge in [-0.15, -0.1) is 0 Å². The van der Waals surface area contributed by atoms with Crippen LogP contribution in [0.3, 0.4) is 0 Å². The molecule has 3 nitrogen and oxygen atoms in total. The first-order chi connectivity index (χ1) is 30.3. The lowest BCUT2D eigenvalue weighted by atomic mass is 9.66. The average molecular weight is 776 g/mol. The van der Waals surface area contributed by atoms with Crippen molar-refractivity contribution in [2.75, 3.05) is 0 Å². The van der Waals surface area contributed by atoms with Crippen molar-refractivity contribution in [1.82, 2.24) is 15.0 Å². The van der Waals surface area contributed by atoms with E-state index in [9.17, 15) is 0 Å². The lowest BCUT2D eigenvalue weighted by Crippen LogP contribution is -2.28. The summed E-state index contributed by atoms with van der Waals surface area (Å²) in [5.74, 6) is 1.95. The van der Waals surface area contributed by atoms with E-state index in [-0.39, 0.29) is 0 Å². The summed E-state index contributed by atoms with van der Waals surface area (Å²) in [5, 5.41) is 7.56.